The van der Waals surface area contributed by atoms with E-state index in [1.807, 2.05) is 51.9 Å². The van der Waals surface area contributed by atoms with Crippen LogP contribution in [0.25, 0.3) is 0 Å². The summed E-state index contributed by atoms with van der Waals surface area (Å²) < 4.78 is 13.2. The maximum Gasteiger partial charge on any atom is 0.247 e. The van der Waals surface area contributed by atoms with Gasteiger partial charge in [-0.05, 0) is 47.5 Å². The summed E-state index contributed by atoms with van der Waals surface area (Å²) in [4.78, 5) is 31.2. The summed E-state index contributed by atoms with van der Waals surface area (Å²) in [6.45, 7) is 13.1. The molecule has 2 amide bonds. The number of piperidine rings is 1. The van der Waals surface area contributed by atoms with Gasteiger partial charge in [0.25, 0.3) is 0 Å². The average Bonchev–Trinajstić information content (AvgIpc) is 3.32. The Morgan fingerprint density at radius 2 is 1.97 bits per heavy atom. The largest absolute Gasteiger partial charge is 0.373 e. The van der Waals surface area contributed by atoms with Gasteiger partial charge in [-0.15, -0.1) is 0 Å². The Bertz CT molecular complexity index is 915. The summed E-state index contributed by atoms with van der Waals surface area (Å²) in [6.07, 6.45) is 5.44. The first-order valence-electron chi connectivity index (χ1n) is 11.2. The summed E-state index contributed by atoms with van der Waals surface area (Å²) >= 11 is 0. The molecule has 1 N–H and O–H groups in total. The van der Waals surface area contributed by atoms with Crippen LogP contribution in [0.15, 0.2) is 16.9 Å². The molecule has 1 saturated heterocycles. The van der Waals surface area contributed by atoms with E-state index in [1.165, 1.54) is 6.92 Å². The molecule has 9 heteroatoms. The number of amides is 2. The number of carbonyl (C=O) groups excluding carboxylic acids is 2. The predicted octanol–water partition coefficient (Wildman–Crippen LogP) is 2.56. The number of imidazole rings is 1. The molecular formula is C23H35N5O4. The van der Waals surface area contributed by atoms with E-state index >= 15 is 0 Å². The Morgan fingerprint density at radius 1 is 1.28 bits per heavy atom. The molecular weight excluding hydrogens is 410 g/mol. The van der Waals surface area contributed by atoms with Gasteiger partial charge in [0, 0.05) is 43.9 Å². The van der Waals surface area contributed by atoms with Gasteiger partial charge in [-0.2, -0.15) is 0 Å². The van der Waals surface area contributed by atoms with E-state index in [1.54, 1.807) is 0 Å². The van der Waals surface area contributed by atoms with Gasteiger partial charge in [0.2, 0.25) is 11.8 Å². The lowest BCUT2D eigenvalue weighted by Crippen LogP contribution is -2.53. The maximum absolute atomic E-state index is 13.1. The minimum Gasteiger partial charge on any atom is -0.373 e. The molecule has 0 aromatic carbocycles. The zero-order valence-electron chi connectivity index (χ0n) is 20.0. The third-order valence-electron chi connectivity index (χ3n) is 5.79. The van der Waals surface area contributed by atoms with Crippen LogP contribution in [0.5, 0.6) is 0 Å². The van der Waals surface area contributed by atoms with Crippen LogP contribution < -0.4 is 5.32 Å². The molecule has 9 nitrogen and oxygen atoms in total. The van der Waals surface area contributed by atoms with Crippen LogP contribution in [0.3, 0.4) is 0 Å². The molecule has 1 aliphatic rings. The molecule has 3 heterocycles. The van der Waals surface area contributed by atoms with Crippen LogP contribution in [0.2, 0.25) is 0 Å². The van der Waals surface area contributed by atoms with Gasteiger partial charge in [0.1, 0.15) is 17.6 Å². The molecule has 1 aliphatic heterocycles. The highest BCUT2D eigenvalue weighted by Gasteiger charge is 2.31. The predicted molar refractivity (Wildman–Crippen MR) is 119 cm³/mol. The van der Waals surface area contributed by atoms with Crippen molar-refractivity contribution in [3.8, 4) is 0 Å². The summed E-state index contributed by atoms with van der Waals surface area (Å²) in [7, 11) is 0. The zero-order chi connectivity index (χ0) is 23.5. The van der Waals surface area contributed by atoms with E-state index in [9.17, 15) is 9.59 Å². The minimum atomic E-state index is -0.676. The summed E-state index contributed by atoms with van der Waals surface area (Å²) in [5.41, 5.74) is 1.58. The van der Waals surface area contributed by atoms with Crippen molar-refractivity contribution in [2.75, 3.05) is 19.7 Å². The van der Waals surface area contributed by atoms with Crippen molar-refractivity contribution in [2.45, 2.75) is 78.5 Å². The Morgan fingerprint density at radius 3 is 2.53 bits per heavy atom. The molecule has 1 fully saturated rings. The third-order valence-corrected chi connectivity index (χ3v) is 5.79. The Hall–Kier alpha value is -2.68. The van der Waals surface area contributed by atoms with Crippen molar-refractivity contribution in [1.29, 1.82) is 0 Å². The van der Waals surface area contributed by atoms with Crippen LogP contribution in [0.1, 0.15) is 69.3 Å². The number of carbonyl (C=O) groups is 2. The van der Waals surface area contributed by atoms with E-state index in [0.717, 1.165) is 35.7 Å². The van der Waals surface area contributed by atoms with Gasteiger partial charge in [-0.1, -0.05) is 5.16 Å². The van der Waals surface area contributed by atoms with E-state index in [-0.39, 0.29) is 29.9 Å². The number of ether oxygens (including phenoxy) is 1. The molecule has 2 aromatic heterocycles. The SMILES string of the molecule is CC(=O)NC(COC(C)(C)C)C(=O)N1CCC(c2nccn2Cc2c(C)noc2C)CC1. The first-order valence-corrected chi connectivity index (χ1v) is 11.2. The number of nitrogens with zero attached hydrogens (tertiary/aromatic N) is 4. The maximum atomic E-state index is 13.1. The monoisotopic (exact) mass is 445 g/mol. The van der Waals surface area contributed by atoms with Gasteiger partial charge in [0.15, 0.2) is 0 Å². The average molecular weight is 446 g/mol. The van der Waals surface area contributed by atoms with Crippen molar-refractivity contribution in [3.63, 3.8) is 0 Å². The molecule has 32 heavy (non-hydrogen) atoms. The molecule has 3 rings (SSSR count). The lowest BCUT2D eigenvalue weighted by atomic mass is 9.95. The van der Waals surface area contributed by atoms with Gasteiger partial charge in [-0.3, -0.25) is 9.59 Å². The molecule has 0 radical (unpaired) electrons. The summed E-state index contributed by atoms with van der Waals surface area (Å²) in [5, 5.41) is 6.79. The van der Waals surface area contributed by atoms with Crippen molar-refractivity contribution in [1.82, 2.24) is 24.9 Å². The Labute approximate surface area is 189 Å². The van der Waals surface area contributed by atoms with Gasteiger partial charge in [0.05, 0.1) is 24.4 Å². The lowest BCUT2D eigenvalue weighted by Gasteiger charge is -2.35. The molecule has 0 aliphatic carbocycles. The van der Waals surface area contributed by atoms with Crippen molar-refractivity contribution in [2.24, 2.45) is 0 Å². The number of likely N-dealkylation sites (tertiary alicyclic amines) is 1. The first-order chi connectivity index (χ1) is 15.0. The van der Waals surface area contributed by atoms with Crippen molar-refractivity contribution >= 4 is 11.8 Å². The smallest absolute Gasteiger partial charge is 0.247 e. The van der Waals surface area contributed by atoms with Crippen LogP contribution >= 0.6 is 0 Å². The fourth-order valence-electron chi connectivity index (χ4n) is 4.04. The summed E-state index contributed by atoms with van der Waals surface area (Å²) in [6, 6.07) is -0.676. The first kappa shape index (κ1) is 24.0. The van der Waals surface area contributed by atoms with Crippen molar-refractivity contribution in [3.05, 3.63) is 35.2 Å². The quantitative estimate of drug-likeness (QED) is 0.703. The molecule has 0 spiro atoms. The van der Waals surface area contributed by atoms with Crippen LogP contribution in [0, 0.1) is 13.8 Å². The minimum absolute atomic E-state index is 0.0954. The fourth-order valence-corrected chi connectivity index (χ4v) is 4.04. The number of rotatable bonds is 7. The highest BCUT2D eigenvalue weighted by Crippen LogP contribution is 2.28. The number of hydrogen-bond donors (Lipinski definition) is 1. The summed E-state index contributed by atoms with van der Waals surface area (Å²) in [5.74, 6) is 1.77. The van der Waals surface area contributed by atoms with E-state index in [4.69, 9.17) is 9.26 Å². The Balaban J connectivity index is 1.62. The number of hydrogen-bond acceptors (Lipinski definition) is 6. The second kappa shape index (κ2) is 9.85. The number of aromatic nitrogens is 3. The highest BCUT2D eigenvalue weighted by atomic mass is 16.5. The fraction of sp³-hybridized carbons (Fsp3) is 0.652. The standard InChI is InChI=1S/C23H35N5O4/c1-15-19(16(2)32-26-15)13-28-12-9-24-21(28)18-7-10-27(11-8-18)22(30)20(25-17(3)29)14-31-23(4,5)6/h9,12,18,20H,7-8,10-11,13-14H2,1-6H3,(H,25,29). The number of nitrogens with one attached hydrogen (secondary N) is 1. The second-order valence-corrected chi connectivity index (χ2v) is 9.49. The molecule has 1 atom stereocenters. The normalized spacial score (nSPS) is 16.2. The highest BCUT2D eigenvalue weighted by molar-refractivity contribution is 5.87. The van der Waals surface area contributed by atoms with Crippen LogP contribution in [-0.2, 0) is 20.9 Å². The molecule has 0 saturated carbocycles. The van der Waals surface area contributed by atoms with E-state index < -0.39 is 6.04 Å². The molecule has 0 bridgehead atoms. The van der Waals surface area contributed by atoms with Gasteiger partial charge in [-0.25, -0.2) is 4.98 Å². The van der Waals surface area contributed by atoms with E-state index in [0.29, 0.717) is 19.6 Å². The van der Waals surface area contributed by atoms with Gasteiger partial charge < -0.3 is 24.0 Å². The third kappa shape index (κ3) is 5.97. The zero-order valence-corrected chi connectivity index (χ0v) is 20.0. The molecule has 176 valence electrons. The van der Waals surface area contributed by atoms with Crippen molar-refractivity contribution < 1.29 is 18.8 Å². The topological polar surface area (TPSA) is 102 Å². The number of aryl methyl sites for hydroxylation is 2. The lowest BCUT2D eigenvalue weighted by molar-refractivity contribution is -0.140. The molecule has 2 aromatic rings. The van der Waals surface area contributed by atoms with Gasteiger partial charge >= 0.3 is 0 Å². The Kier molecular flexibility index (Phi) is 7.38. The second-order valence-electron chi connectivity index (χ2n) is 9.49. The van der Waals surface area contributed by atoms with Crippen LogP contribution in [-0.4, -0.2) is 62.8 Å². The van der Waals surface area contributed by atoms with E-state index in [2.05, 4.69) is 20.0 Å². The molecule has 1 unspecified atom stereocenters. The van der Waals surface area contributed by atoms with Crippen LogP contribution in [0.4, 0.5) is 0 Å².